The third-order valence-corrected chi connectivity index (χ3v) is 3.84. The molecular formula is C13H21N3. The first-order chi connectivity index (χ1) is 7.81. The summed E-state index contributed by atoms with van der Waals surface area (Å²) < 4.78 is 0. The van der Waals surface area contributed by atoms with Crippen molar-refractivity contribution in [2.45, 2.75) is 38.6 Å². The molecule has 3 N–H and O–H groups in total. The Morgan fingerprint density at radius 1 is 1.56 bits per heavy atom. The van der Waals surface area contributed by atoms with E-state index in [2.05, 4.69) is 23.4 Å². The molecule has 16 heavy (non-hydrogen) atoms. The van der Waals surface area contributed by atoms with Gasteiger partial charge in [0.15, 0.2) is 0 Å². The molecule has 1 aromatic heterocycles. The second kappa shape index (κ2) is 5.41. The van der Waals surface area contributed by atoms with Crippen LogP contribution in [0.3, 0.4) is 0 Å². The number of aromatic nitrogens is 1. The van der Waals surface area contributed by atoms with Crippen molar-refractivity contribution in [3.8, 4) is 0 Å². The van der Waals surface area contributed by atoms with Crippen molar-refractivity contribution in [1.29, 1.82) is 0 Å². The SMILES string of the molecule is CC1CCCC1C(Cc1cccnc1)NN. The highest BCUT2D eigenvalue weighted by atomic mass is 15.2. The van der Waals surface area contributed by atoms with Crippen LogP contribution >= 0.6 is 0 Å². The molecule has 88 valence electrons. The molecule has 0 aliphatic heterocycles. The maximum atomic E-state index is 5.69. The molecule has 1 fully saturated rings. The number of nitrogens with zero attached hydrogens (tertiary/aromatic N) is 1. The Morgan fingerprint density at radius 2 is 2.44 bits per heavy atom. The van der Waals surface area contributed by atoms with Gasteiger partial charge in [-0.1, -0.05) is 25.8 Å². The van der Waals surface area contributed by atoms with Crippen LogP contribution in [-0.4, -0.2) is 11.0 Å². The number of rotatable bonds is 4. The molecule has 0 aromatic carbocycles. The lowest BCUT2D eigenvalue weighted by Gasteiger charge is -2.26. The predicted octanol–water partition coefficient (Wildman–Crippen LogP) is 1.89. The fourth-order valence-corrected chi connectivity index (χ4v) is 2.88. The molecule has 1 heterocycles. The Morgan fingerprint density at radius 3 is 3.00 bits per heavy atom. The van der Waals surface area contributed by atoms with Crippen molar-refractivity contribution < 1.29 is 0 Å². The van der Waals surface area contributed by atoms with Crippen molar-refractivity contribution in [2.24, 2.45) is 17.7 Å². The van der Waals surface area contributed by atoms with Gasteiger partial charge in [-0.05, 0) is 36.3 Å². The zero-order valence-electron chi connectivity index (χ0n) is 9.89. The molecule has 3 unspecified atom stereocenters. The average Bonchev–Trinajstić information content (AvgIpc) is 2.74. The maximum Gasteiger partial charge on any atom is 0.0300 e. The first-order valence-corrected chi connectivity index (χ1v) is 6.16. The van der Waals surface area contributed by atoms with Crippen LogP contribution in [0.15, 0.2) is 24.5 Å². The predicted molar refractivity (Wildman–Crippen MR) is 65.6 cm³/mol. The van der Waals surface area contributed by atoms with Crippen LogP contribution in [0, 0.1) is 11.8 Å². The average molecular weight is 219 g/mol. The molecule has 0 bridgehead atoms. The number of nitrogens with one attached hydrogen (secondary N) is 1. The van der Waals surface area contributed by atoms with Crippen LogP contribution in [0.2, 0.25) is 0 Å². The van der Waals surface area contributed by atoms with Crippen molar-refractivity contribution in [1.82, 2.24) is 10.4 Å². The summed E-state index contributed by atoms with van der Waals surface area (Å²) in [6.07, 6.45) is 8.72. The second-order valence-corrected chi connectivity index (χ2v) is 4.91. The number of hydrogen-bond acceptors (Lipinski definition) is 3. The molecule has 0 spiro atoms. The molecule has 3 atom stereocenters. The van der Waals surface area contributed by atoms with E-state index in [0.29, 0.717) is 12.0 Å². The fraction of sp³-hybridized carbons (Fsp3) is 0.615. The summed E-state index contributed by atoms with van der Waals surface area (Å²) in [5.74, 6) is 7.19. The summed E-state index contributed by atoms with van der Waals surface area (Å²) in [6.45, 7) is 2.34. The topological polar surface area (TPSA) is 50.9 Å². The summed E-state index contributed by atoms with van der Waals surface area (Å²) >= 11 is 0. The van der Waals surface area contributed by atoms with Gasteiger partial charge in [-0.2, -0.15) is 0 Å². The molecule has 2 rings (SSSR count). The molecular weight excluding hydrogens is 198 g/mol. The fourth-order valence-electron chi connectivity index (χ4n) is 2.88. The zero-order valence-corrected chi connectivity index (χ0v) is 9.89. The van der Waals surface area contributed by atoms with Gasteiger partial charge in [-0.3, -0.25) is 16.3 Å². The van der Waals surface area contributed by atoms with E-state index in [1.807, 2.05) is 18.5 Å². The highest BCUT2D eigenvalue weighted by Crippen LogP contribution is 2.34. The number of hydrogen-bond donors (Lipinski definition) is 2. The first kappa shape index (κ1) is 11.6. The molecule has 1 aliphatic carbocycles. The van der Waals surface area contributed by atoms with E-state index in [1.165, 1.54) is 24.8 Å². The Labute approximate surface area is 97.4 Å². The minimum atomic E-state index is 0.390. The van der Waals surface area contributed by atoms with Gasteiger partial charge in [-0.15, -0.1) is 0 Å². The van der Waals surface area contributed by atoms with E-state index in [-0.39, 0.29) is 0 Å². The summed E-state index contributed by atoms with van der Waals surface area (Å²) in [7, 11) is 0. The van der Waals surface area contributed by atoms with Gasteiger partial charge in [0.1, 0.15) is 0 Å². The van der Waals surface area contributed by atoms with Crippen LogP contribution in [0.5, 0.6) is 0 Å². The van der Waals surface area contributed by atoms with Crippen molar-refractivity contribution >= 4 is 0 Å². The van der Waals surface area contributed by atoms with Crippen LogP contribution in [-0.2, 0) is 6.42 Å². The van der Waals surface area contributed by atoms with E-state index in [4.69, 9.17) is 5.84 Å². The van der Waals surface area contributed by atoms with E-state index < -0.39 is 0 Å². The molecule has 0 amide bonds. The van der Waals surface area contributed by atoms with Gasteiger partial charge in [0.2, 0.25) is 0 Å². The largest absolute Gasteiger partial charge is 0.271 e. The van der Waals surface area contributed by atoms with E-state index in [0.717, 1.165) is 12.3 Å². The van der Waals surface area contributed by atoms with Crippen molar-refractivity contribution in [3.05, 3.63) is 30.1 Å². The van der Waals surface area contributed by atoms with Gasteiger partial charge < -0.3 is 0 Å². The van der Waals surface area contributed by atoms with Gasteiger partial charge in [0, 0.05) is 18.4 Å². The molecule has 0 saturated heterocycles. The van der Waals surface area contributed by atoms with E-state index >= 15 is 0 Å². The molecule has 1 aromatic rings. The number of nitrogens with two attached hydrogens (primary N) is 1. The van der Waals surface area contributed by atoms with Crippen LogP contribution in [0.25, 0.3) is 0 Å². The van der Waals surface area contributed by atoms with Crippen molar-refractivity contribution in [3.63, 3.8) is 0 Å². The minimum absolute atomic E-state index is 0.390. The van der Waals surface area contributed by atoms with Gasteiger partial charge in [-0.25, -0.2) is 0 Å². The molecule has 0 radical (unpaired) electrons. The third kappa shape index (κ3) is 2.60. The van der Waals surface area contributed by atoms with Gasteiger partial charge in [0.25, 0.3) is 0 Å². The molecule has 1 saturated carbocycles. The van der Waals surface area contributed by atoms with Crippen LogP contribution in [0.4, 0.5) is 0 Å². The zero-order chi connectivity index (χ0) is 11.4. The van der Waals surface area contributed by atoms with Gasteiger partial charge in [0.05, 0.1) is 0 Å². The quantitative estimate of drug-likeness (QED) is 0.600. The van der Waals surface area contributed by atoms with Crippen LogP contribution < -0.4 is 11.3 Å². The lowest BCUT2D eigenvalue weighted by atomic mass is 9.87. The summed E-state index contributed by atoms with van der Waals surface area (Å²) in [6, 6.07) is 4.50. The monoisotopic (exact) mass is 219 g/mol. The number of hydrazine groups is 1. The standard InChI is InChI=1S/C13H21N3/c1-10-4-2-6-12(10)13(16-14)8-11-5-3-7-15-9-11/h3,5,7,9-10,12-13,16H,2,4,6,8,14H2,1H3. The summed E-state index contributed by atoms with van der Waals surface area (Å²) in [5.41, 5.74) is 4.26. The lowest BCUT2D eigenvalue weighted by Crippen LogP contribution is -2.43. The first-order valence-electron chi connectivity index (χ1n) is 6.16. The van der Waals surface area contributed by atoms with E-state index in [9.17, 15) is 0 Å². The Bertz CT molecular complexity index is 312. The third-order valence-electron chi connectivity index (χ3n) is 3.84. The molecule has 3 heteroatoms. The Balaban J connectivity index is 2.00. The summed E-state index contributed by atoms with van der Waals surface area (Å²) in [4.78, 5) is 4.15. The second-order valence-electron chi connectivity index (χ2n) is 4.91. The summed E-state index contributed by atoms with van der Waals surface area (Å²) in [5, 5.41) is 0. The van der Waals surface area contributed by atoms with Gasteiger partial charge >= 0.3 is 0 Å². The highest BCUT2D eigenvalue weighted by Gasteiger charge is 2.30. The van der Waals surface area contributed by atoms with Crippen LogP contribution in [0.1, 0.15) is 31.7 Å². The Hall–Kier alpha value is -0.930. The highest BCUT2D eigenvalue weighted by molar-refractivity contribution is 5.10. The van der Waals surface area contributed by atoms with E-state index in [1.54, 1.807) is 0 Å². The lowest BCUT2D eigenvalue weighted by molar-refractivity contribution is 0.297. The smallest absolute Gasteiger partial charge is 0.0300 e. The van der Waals surface area contributed by atoms with Crippen molar-refractivity contribution in [2.75, 3.05) is 0 Å². The molecule has 1 aliphatic rings. The minimum Gasteiger partial charge on any atom is -0.271 e. The normalized spacial score (nSPS) is 26.9. The Kier molecular flexibility index (Phi) is 3.91. The maximum absolute atomic E-state index is 5.69. The number of pyridine rings is 1. The molecule has 3 nitrogen and oxygen atoms in total.